The normalized spacial score (nSPS) is 16.2. The molecule has 2 heterocycles. The van der Waals surface area contributed by atoms with Crippen LogP contribution in [0.5, 0.6) is 11.5 Å². The minimum absolute atomic E-state index is 0.0617. The number of likely N-dealkylation sites (tertiary alicyclic amines) is 1. The fourth-order valence-electron chi connectivity index (χ4n) is 4.57. The van der Waals surface area contributed by atoms with Crippen LogP contribution in [0.25, 0.3) is 10.9 Å². The van der Waals surface area contributed by atoms with Crippen molar-refractivity contribution in [3.63, 3.8) is 0 Å². The van der Waals surface area contributed by atoms with Gasteiger partial charge in [-0.1, -0.05) is 18.2 Å². The number of aromatic nitrogens is 1. The average Bonchev–Trinajstić information content (AvgIpc) is 2.90. The number of benzene rings is 2. The number of nitrogens with zero attached hydrogens (tertiary/aromatic N) is 2. The van der Waals surface area contributed by atoms with Crippen molar-refractivity contribution < 1.29 is 23.4 Å². The highest BCUT2D eigenvalue weighted by atomic mass is 19.1. The molecule has 8 heteroatoms. The molecule has 1 N–H and O–H groups in total. The zero-order valence-corrected chi connectivity index (χ0v) is 21.8. The number of carbonyl (C=O) groups excluding carboxylic acids is 1. The summed E-state index contributed by atoms with van der Waals surface area (Å²) in [5, 5.41) is 3.92. The van der Waals surface area contributed by atoms with Crippen LogP contribution in [0.4, 0.5) is 4.39 Å². The van der Waals surface area contributed by atoms with Crippen molar-refractivity contribution >= 4 is 16.8 Å². The molecule has 3 aromatic rings. The Hall–Kier alpha value is -3.23. The number of nitrogens with one attached hydrogen (secondary N) is 1. The van der Waals surface area contributed by atoms with Crippen LogP contribution in [0.3, 0.4) is 0 Å². The van der Waals surface area contributed by atoms with Crippen molar-refractivity contribution in [2.75, 3.05) is 33.4 Å². The molecule has 0 radical (unpaired) electrons. The number of hydrogen-bond acceptors (Lipinski definition) is 6. The van der Waals surface area contributed by atoms with E-state index < -0.39 is 0 Å². The molecular weight excluding hydrogens is 473 g/mol. The zero-order chi connectivity index (χ0) is 26.2. The van der Waals surface area contributed by atoms with Gasteiger partial charge in [0.2, 0.25) is 0 Å². The minimum atomic E-state index is -0.318. The van der Waals surface area contributed by atoms with Gasteiger partial charge in [0, 0.05) is 50.2 Å². The van der Waals surface area contributed by atoms with E-state index in [9.17, 15) is 9.18 Å². The summed E-state index contributed by atoms with van der Waals surface area (Å²) >= 11 is 0. The first-order valence-corrected chi connectivity index (χ1v) is 12.9. The van der Waals surface area contributed by atoms with Gasteiger partial charge in [-0.25, -0.2) is 9.37 Å². The van der Waals surface area contributed by atoms with Crippen LogP contribution >= 0.6 is 0 Å². The number of pyridine rings is 1. The monoisotopic (exact) mass is 509 g/mol. The van der Waals surface area contributed by atoms with E-state index >= 15 is 0 Å². The Bertz CT molecular complexity index is 1200. The van der Waals surface area contributed by atoms with Gasteiger partial charge >= 0.3 is 0 Å². The van der Waals surface area contributed by atoms with Crippen molar-refractivity contribution in [1.82, 2.24) is 15.2 Å². The molecule has 1 amide bonds. The van der Waals surface area contributed by atoms with Crippen LogP contribution in [0.1, 0.15) is 49.2 Å². The fourth-order valence-corrected chi connectivity index (χ4v) is 4.57. The van der Waals surface area contributed by atoms with Crippen molar-refractivity contribution in [3.8, 4) is 11.5 Å². The topological polar surface area (TPSA) is 72.9 Å². The first-order valence-electron chi connectivity index (χ1n) is 12.9. The molecule has 1 saturated heterocycles. The number of piperidine rings is 1. The molecule has 4 rings (SSSR count). The molecule has 0 unspecified atom stereocenters. The number of amides is 1. The van der Waals surface area contributed by atoms with Crippen LogP contribution in [-0.4, -0.2) is 61.3 Å². The number of carbonyl (C=O) groups is 1. The van der Waals surface area contributed by atoms with Gasteiger partial charge < -0.3 is 19.5 Å². The molecule has 0 aliphatic carbocycles. The average molecular weight is 510 g/mol. The summed E-state index contributed by atoms with van der Waals surface area (Å²) in [6.45, 7) is 7.40. The molecule has 1 aromatic heterocycles. The summed E-state index contributed by atoms with van der Waals surface area (Å²) < 4.78 is 30.9. The minimum Gasteiger partial charge on any atom is -0.493 e. The Balaban J connectivity index is 1.60. The standard InChI is InChI=1S/C29H36FN3O4/c1-20(2)33-13-6-10-23(18-33)31-29(34)25-17-27(36-15-7-14-35-3)24-11-5-12-26(28(24)32-25)37-19-21-8-4-9-22(30)16-21/h4-5,8-9,11-12,16-17,20,23H,6-7,10,13-15,18-19H2,1-3H3,(H,31,34)/t23-/m1/s1. The van der Waals surface area contributed by atoms with Crippen molar-refractivity contribution in [3.05, 3.63) is 65.6 Å². The number of rotatable bonds is 11. The SMILES string of the molecule is COCCCOc1cc(C(=O)N[C@@H]2CCCN(C(C)C)C2)nc2c(OCc3cccc(F)c3)cccc12. The van der Waals surface area contributed by atoms with Crippen LogP contribution in [0.15, 0.2) is 48.5 Å². The van der Waals surface area contributed by atoms with Gasteiger partial charge in [0.15, 0.2) is 0 Å². The number of hydrogen-bond donors (Lipinski definition) is 1. The quantitative estimate of drug-likeness (QED) is 0.368. The molecule has 1 aliphatic heterocycles. The summed E-state index contributed by atoms with van der Waals surface area (Å²) in [6, 6.07) is 14.0. The second-order valence-corrected chi connectivity index (χ2v) is 9.67. The lowest BCUT2D eigenvalue weighted by molar-refractivity contribution is 0.0881. The first-order chi connectivity index (χ1) is 17.9. The molecule has 1 atom stereocenters. The second kappa shape index (κ2) is 12.8. The molecule has 0 bridgehead atoms. The van der Waals surface area contributed by atoms with Crippen molar-refractivity contribution in [2.24, 2.45) is 0 Å². The molecule has 198 valence electrons. The number of fused-ring (bicyclic) bond motifs is 1. The lowest BCUT2D eigenvalue weighted by atomic mass is 10.0. The lowest BCUT2D eigenvalue weighted by Gasteiger charge is -2.35. The van der Waals surface area contributed by atoms with Gasteiger partial charge in [-0.3, -0.25) is 9.69 Å². The van der Waals surface area contributed by atoms with E-state index in [1.807, 2.05) is 12.1 Å². The number of methoxy groups -OCH3 is 1. The Morgan fingerprint density at radius 2 is 1.97 bits per heavy atom. The Morgan fingerprint density at radius 1 is 1.14 bits per heavy atom. The smallest absolute Gasteiger partial charge is 0.270 e. The van der Waals surface area contributed by atoms with Crippen molar-refractivity contribution in [2.45, 2.75) is 51.8 Å². The summed E-state index contributed by atoms with van der Waals surface area (Å²) in [4.78, 5) is 20.4. The number of ether oxygens (including phenoxy) is 3. The van der Waals surface area contributed by atoms with Gasteiger partial charge in [0.1, 0.15) is 35.1 Å². The van der Waals surface area contributed by atoms with Crippen LogP contribution in [0.2, 0.25) is 0 Å². The summed E-state index contributed by atoms with van der Waals surface area (Å²) in [6.07, 6.45) is 2.69. The van der Waals surface area contributed by atoms with Crippen LogP contribution in [0, 0.1) is 5.82 Å². The van der Waals surface area contributed by atoms with Crippen molar-refractivity contribution in [1.29, 1.82) is 0 Å². The van der Waals surface area contributed by atoms with Gasteiger partial charge in [-0.15, -0.1) is 0 Å². The Morgan fingerprint density at radius 3 is 2.76 bits per heavy atom. The van der Waals surface area contributed by atoms with Crippen LogP contribution < -0.4 is 14.8 Å². The predicted octanol–water partition coefficient (Wildman–Crippen LogP) is 4.97. The highest BCUT2D eigenvalue weighted by molar-refractivity contribution is 5.98. The lowest BCUT2D eigenvalue weighted by Crippen LogP contribution is -2.49. The van der Waals surface area contributed by atoms with E-state index in [1.165, 1.54) is 12.1 Å². The maximum Gasteiger partial charge on any atom is 0.270 e. The molecule has 0 spiro atoms. The molecule has 1 fully saturated rings. The van der Waals surface area contributed by atoms with E-state index in [1.54, 1.807) is 31.4 Å². The van der Waals surface area contributed by atoms with E-state index in [2.05, 4.69) is 24.1 Å². The summed E-state index contributed by atoms with van der Waals surface area (Å²) in [5.74, 6) is 0.512. The van der Waals surface area contributed by atoms with E-state index in [0.717, 1.165) is 31.3 Å². The molecule has 1 aliphatic rings. The maximum atomic E-state index is 13.6. The van der Waals surface area contributed by atoms with Gasteiger partial charge in [0.05, 0.1) is 6.61 Å². The van der Waals surface area contributed by atoms with Gasteiger partial charge in [-0.05, 0) is 63.1 Å². The molecular formula is C29H36FN3O4. The molecule has 2 aromatic carbocycles. The zero-order valence-electron chi connectivity index (χ0n) is 21.8. The third-order valence-corrected chi connectivity index (χ3v) is 6.55. The third-order valence-electron chi connectivity index (χ3n) is 6.55. The molecule has 0 saturated carbocycles. The van der Waals surface area contributed by atoms with Gasteiger partial charge in [0.25, 0.3) is 5.91 Å². The Kier molecular flexibility index (Phi) is 9.30. The fraction of sp³-hybridized carbons (Fsp3) is 0.448. The largest absolute Gasteiger partial charge is 0.493 e. The third kappa shape index (κ3) is 7.17. The number of para-hydroxylation sites is 1. The highest BCUT2D eigenvalue weighted by Gasteiger charge is 2.24. The molecule has 37 heavy (non-hydrogen) atoms. The van der Waals surface area contributed by atoms with E-state index in [-0.39, 0.29) is 30.1 Å². The maximum absolute atomic E-state index is 13.6. The predicted molar refractivity (Wildman–Crippen MR) is 142 cm³/mol. The highest BCUT2D eigenvalue weighted by Crippen LogP contribution is 2.32. The first kappa shape index (κ1) is 26.8. The van der Waals surface area contributed by atoms with Gasteiger partial charge in [-0.2, -0.15) is 0 Å². The summed E-state index contributed by atoms with van der Waals surface area (Å²) in [7, 11) is 1.65. The van der Waals surface area contributed by atoms with E-state index in [0.29, 0.717) is 48.3 Å². The summed E-state index contributed by atoms with van der Waals surface area (Å²) in [5.41, 5.74) is 1.51. The second-order valence-electron chi connectivity index (χ2n) is 9.67. The van der Waals surface area contributed by atoms with E-state index in [4.69, 9.17) is 19.2 Å². The van der Waals surface area contributed by atoms with Crippen LogP contribution in [-0.2, 0) is 11.3 Å². The molecule has 7 nitrogen and oxygen atoms in total. The Labute approximate surface area is 217 Å². The number of halogens is 1.